The molecular formula is C15H21NO2. The number of rotatable bonds is 4. The molecule has 0 spiro atoms. The predicted octanol–water partition coefficient (Wildman–Crippen LogP) is 1.83. The van der Waals surface area contributed by atoms with Gasteiger partial charge in [0.25, 0.3) is 0 Å². The number of ether oxygens (including phenoxy) is 1. The van der Waals surface area contributed by atoms with Crippen molar-refractivity contribution in [2.75, 3.05) is 26.2 Å². The van der Waals surface area contributed by atoms with Gasteiger partial charge >= 0.3 is 0 Å². The van der Waals surface area contributed by atoms with Crippen molar-refractivity contribution >= 4 is 0 Å². The molecule has 0 radical (unpaired) electrons. The van der Waals surface area contributed by atoms with Crippen LogP contribution in [0.5, 0.6) is 0 Å². The van der Waals surface area contributed by atoms with Gasteiger partial charge in [-0.25, -0.2) is 0 Å². The van der Waals surface area contributed by atoms with Crippen LogP contribution in [0.4, 0.5) is 0 Å². The highest BCUT2D eigenvalue weighted by Gasteiger charge is 2.34. The molecule has 0 aromatic heterocycles. The fourth-order valence-corrected chi connectivity index (χ4v) is 3.09. The fraction of sp³-hybridized carbons (Fsp3) is 0.600. The second-order valence-corrected chi connectivity index (χ2v) is 5.44. The summed E-state index contributed by atoms with van der Waals surface area (Å²) in [7, 11) is 0. The Morgan fingerprint density at radius 1 is 1.22 bits per heavy atom. The summed E-state index contributed by atoms with van der Waals surface area (Å²) in [6, 6.07) is 9.76. The van der Waals surface area contributed by atoms with Gasteiger partial charge in [0.2, 0.25) is 0 Å². The number of fused-ring (bicyclic) bond motifs is 3. The van der Waals surface area contributed by atoms with E-state index in [9.17, 15) is 5.11 Å². The van der Waals surface area contributed by atoms with Crippen molar-refractivity contribution in [2.45, 2.75) is 25.0 Å². The first kappa shape index (κ1) is 12.2. The Kier molecular flexibility index (Phi) is 3.64. The van der Waals surface area contributed by atoms with E-state index in [0.29, 0.717) is 18.6 Å². The van der Waals surface area contributed by atoms with Gasteiger partial charge in [0.05, 0.1) is 12.7 Å². The van der Waals surface area contributed by atoms with Gasteiger partial charge in [0.15, 0.2) is 0 Å². The molecule has 2 unspecified atom stereocenters. The van der Waals surface area contributed by atoms with Crippen molar-refractivity contribution in [1.29, 1.82) is 0 Å². The summed E-state index contributed by atoms with van der Waals surface area (Å²) in [5.74, 6) is 0.706. The molecule has 3 nitrogen and oxygen atoms in total. The first-order chi connectivity index (χ1) is 8.83. The Labute approximate surface area is 108 Å². The molecule has 3 heteroatoms. The van der Waals surface area contributed by atoms with E-state index in [1.54, 1.807) is 0 Å². The van der Waals surface area contributed by atoms with Crippen molar-refractivity contribution in [3.63, 3.8) is 0 Å². The SMILES string of the molecule is OC(COC1CN2CCC1CC2)c1ccccc1. The van der Waals surface area contributed by atoms with E-state index in [1.165, 1.54) is 25.9 Å². The van der Waals surface area contributed by atoms with Crippen molar-refractivity contribution in [3.05, 3.63) is 35.9 Å². The Hall–Kier alpha value is -0.900. The molecule has 3 heterocycles. The quantitative estimate of drug-likeness (QED) is 0.881. The third kappa shape index (κ3) is 2.58. The molecule has 18 heavy (non-hydrogen) atoms. The Balaban J connectivity index is 1.52. The first-order valence-corrected chi connectivity index (χ1v) is 6.90. The first-order valence-electron chi connectivity index (χ1n) is 6.90. The largest absolute Gasteiger partial charge is 0.386 e. The van der Waals surface area contributed by atoms with Gasteiger partial charge in [0, 0.05) is 6.54 Å². The van der Waals surface area contributed by atoms with E-state index >= 15 is 0 Å². The maximum atomic E-state index is 10.1. The zero-order valence-electron chi connectivity index (χ0n) is 10.7. The van der Waals surface area contributed by atoms with Crippen molar-refractivity contribution < 1.29 is 9.84 Å². The van der Waals surface area contributed by atoms with Crippen LogP contribution in [0.3, 0.4) is 0 Å². The van der Waals surface area contributed by atoms with E-state index in [-0.39, 0.29) is 0 Å². The molecule has 3 aliphatic rings. The van der Waals surface area contributed by atoms with Gasteiger partial charge in [-0.15, -0.1) is 0 Å². The smallest absolute Gasteiger partial charge is 0.102 e. The lowest BCUT2D eigenvalue weighted by Gasteiger charge is -2.44. The lowest BCUT2D eigenvalue weighted by atomic mass is 9.86. The van der Waals surface area contributed by atoms with E-state index in [4.69, 9.17) is 4.74 Å². The summed E-state index contributed by atoms with van der Waals surface area (Å²) >= 11 is 0. The zero-order valence-corrected chi connectivity index (χ0v) is 10.7. The summed E-state index contributed by atoms with van der Waals surface area (Å²) in [6.45, 7) is 3.92. The van der Waals surface area contributed by atoms with Crippen LogP contribution in [0.1, 0.15) is 24.5 Å². The highest BCUT2D eigenvalue weighted by molar-refractivity contribution is 5.17. The number of benzene rings is 1. The van der Waals surface area contributed by atoms with Crippen molar-refractivity contribution in [3.8, 4) is 0 Å². The number of piperidine rings is 3. The van der Waals surface area contributed by atoms with E-state index < -0.39 is 6.10 Å². The lowest BCUT2D eigenvalue weighted by Crippen LogP contribution is -2.51. The van der Waals surface area contributed by atoms with Gasteiger partial charge in [-0.2, -0.15) is 0 Å². The molecule has 2 atom stereocenters. The van der Waals surface area contributed by atoms with Gasteiger partial charge in [-0.3, -0.25) is 0 Å². The van der Waals surface area contributed by atoms with E-state index in [1.807, 2.05) is 30.3 Å². The molecular weight excluding hydrogens is 226 g/mol. The van der Waals surface area contributed by atoms with E-state index in [2.05, 4.69) is 4.90 Å². The van der Waals surface area contributed by atoms with Crippen molar-refractivity contribution in [1.82, 2.24) is 4.90 Å². The molecule has 3 fully saturated rings. The topological polar surface area (TPSA) is 32.7 Å². The number of nitrogens with zero attached hydrogens (tertiary/aromatic N) is 1. The minimum absolute atomic E-state index is 0.325. The summed E-state index contributed by atoms with van der Waals surface area (Å²) in [6.07, 6.45) is 2.34. The normalized spacial score (nSPS) is 32.4. The molecule has 0 aliphatic carbocycles. The Morgan fingerprint density at radius 3 is 2.56 bits per heavy atom. The highest BCUT2D eigenvalue weighted by Crippen LogP contribution is 2.30. The standard InChI is InChI=1S/C15H21NO2/c17-14(12-4-2-1-3-5-12)11-18-15-10-16-8-6-13(15)7-9-16/h1-5,13-15,17H,6-11H2. The molecule has 98 valence electrons. The summed E-state index contributed by atoms with van der Waals surface area (Å²) in [4.78, 5) is 2.47. The van der Waals surface area contributed by atoms with Gasteiger partial charge in [-0.05, 0) is 37.4 Å². The second-order valence-electron chi connectivity index (χ2n) is 5.44. The Morgan fingerprint density at radius 2 is 1.94 bits per heavy atom. The number of aliphatic hydroxyl groups is 1. The van der Waals surface area contributed by atoms with Crippen LogP contribution < -0.4 is 0 Å². The van der Waals surface area contributed by atoms with Crippen LogP contribution >= 0.6 is 0 Å². The minimum atomic E-state index is -0.498. The number of hydrogen-bond donors (Lipinski definition) is 1. The van der Waals surface area contributed by atoms with Crippen LogP contribution in [0, 0.1) is 5.92 Å². The van der Waals surface area contributed by atoms with Gasteiger partial charge < -0.3 is 14.7 Å². The summed E-state index contributed by atoms with van der Waals surface area (Å²) in [5, 5.41) is 10.1. The number of hydrogen-bond acceptors (Lipinski definition) is 3. The van der Waals surface area contributed by atoms with E-state index in [0.717, 1.165) is 12.1 Å². The van der Waals surface area contributed by atoms with Crippen LogP contribution in [-0.4, -0.2) is 42.4 Å². The summed E-state index contributed by atoms with van der Waals surface area (Å²) < 4.78 is 5.94. The van der Waals surface area contributed by atoms with Gasteiger partial charge in [-0.1, -0.05) is 30.3 Å². The Bertz CT molecular complexity index is 373. The molecule has 2 bridgehead atoms. The highest BCUT2D eigenvalue weighted by atomic mass is 16.5. The second kappa shape index (κ2) is 5.39. The summed E-state index contributed by atoms with van der Waals surface area (Å²) in [5.41, 5.74) is 0.943. The molecule has 4 rings (SSSR count). The maximum absolute atomic E-state index is 10.1. The number of aliphatic hydroxyl groups excluding tert-OH is 1. The molecule has 3 aliphatic heterocycles. The fourth-order valence-electron chi connectivity index (χ4n) is 3.09. The molecule has 1 N–H and O–H groups in total. The average Bonchev–Trinajstić information content (AvgIpc) is 2.47. The van der Waals surface area contributed by atoms with Crippen molar-refractivity contribution in [2.24, 2.45) is 5.92 Å². The predicted molar refractivity (Wildman–Crippen MR) is 70.3 cm³/mol. The molecule has 0 saturated carbocycles. The monoisotopic (exact) mass is 247 g/mol. The lowest BCUT2D eigenvalue weighted by molar-refractivity contribution is -0.0919. The molecule has 3 saturated heterocycles. The maximum Gasteiger partial charge on any atom is 0.102 e. The molecule has 1 aromatic rings. The average molecular weight is 247 g/mol. The van der Waals surface area contributed by atoms with Crippen LogP contribution in [-0.2, 0) is 4.74 Å². The zero-order chi connectivity index (χ0) is 12.4. The van der Waals surface area contributed by atoms with Crippen LogP contribution in [0.25, 0.3) is 0 Å². The van der Waals surface area contributed by atoms with Crippen LogP contribution in [0.15, 0.2) is 30.3 Å². The molecule has 1 aromatic carbocycles. The van der Waals surface area contributed by atoms with Gasteiger partial charge in [0.1, 0.15) is 6.10 Å². The minimum Gasteiger partial charge on any atom is -0.386 e. The molecule has 0 amide bonds. The third-order valence-electron chi connectivity index (χ3n) is 4.25. The van der Waals surface area contributed by atoms with Crippen LogP contribution in [0.2, 0.25) is 0 Å². The third-order valence-corrected chi connectivity index (χ3v) is 4.25.